The third kappa shape index (κ3) is 2.75. The number of thioether (sulfide) groups is 1. The number of thiophene rings is 1. The van der Waals surface area contributed by atoms with Crippen LogP contribution in [-0.2, 0) is 19.1 Å². The fraction of sp³-hybridized carbons (Fsp3) is 0.250. The summed E-state index contributed by atoms with van der Waals surface area (Å²) in [5.41, 5.74) is 11.9. The molecule has 0 spiro atoms. The summed E-state index contributed by atoms with van der Waals surface area (Å²) in [6, 6.07) is 5.56. The zero-order valence-corrected chi connectivity index (χ0v) is 15.2. The Morgan fingerprint density at radius 3 is 2.73 bits per heavy atom. The van der Waals surface area contributed by atoms with E-state index >= 15 is 0 Å². The first-order valence-corrected chi connectivity index (χ1v) is 9.21. The number of hydrogen-bond acceptors (Lipinski definition) is 8. The van der Waals surface area contributed by atoms with E-state index in [1.165, 1.54) is 18.4 Å². The number of ether oxygens (including phenoxy) is 1. The SMILES string of the molecule is COC(=O)C[C@H]1SC2=C(C(N)=O)[C@@H](c3cccs3)C(C#N)=C(N)N2C1=O. The van der Waals surface area contributed by atoms with Crippen LogP contribution in [0.25, 0.3) is 0 Å². The normalized spacial score (nSPS) is 22.3. The van der Waals surface area contributed by atoms with Crippen molar-refractivity contribution in [2.45, 2.75) is 17.6 Å². The highest BCUT2D eigenvalue weighted by atomic mass is 32.2. The second kappa shape index (κ2) is 6.86. The van der Waals surface area contributed by atoms with Gasteiger partial charge in [0.1, 0.15) is 11.1 Å². The van der Waals surface area contributed by atoms with Gasteiger partial charge in [0.2, 0.25) is 11.8 Å². The van der Waals surface area contributed by atoms with Gasteiger partial charge < -0.3 is 16.2 Å². The van der Waals surface area contributed by atoms with Crippen LogP contribution < -0.4 is 11.5 Å². The Hall–Kier alpha value is -2.77. The third-order valence-electron chi connectivity index (χ3n) is 4.07. The average Bonchev–Trinajstić information content (AvgIpc) is 3.23. The fourth-order valence-electron chi connectivity index (χ4n) is 2.90. The summed E-state index contributed by atoms with van der Waals surface area (Å²) < 4.78 is 4.61. The van der Waals surface area contributed by atoms with Crippen LogP contribution in [0.15, 0.2) is 39.5 Å². The number of allylic oxidation sites excluding steroid dienone is 1. The van der Waals surface area contributed by atoms with Gasteiger partial charge in [-0.05, 0) is 11.4 Å². The van der Waals surface area contributed by atoms with Gasteiger partial charge in [0.05, 0.1) is 41.7 Å². The summed E-state index contributed by atoms with van der Waals surface area (Å²) in [7, 11) is 1.22. The number of nitrogens with zero attached hydrogens (tertiary/aromatic N) is 2. The Kier molecular flexibility index (Phi) is 4.76. The molecule has 0 radical (unpaired) electrons. The molecule has 0 saturated carbocycles. The van der Waals surface area contributed by atoms with Gasteiger partial charge in [-0.15, -0.1) is 11.3 Å². The van der Waals surface area contributed by atoms with E-state index in [0.29, 0.717) is 0 Å². The van der Waals surface area contributed by atoms with E-state index in [-0.39, 0.29) is 28.4 Å². The molecular weight excluding hydrogens is 376 g/mol. The molecule has 1 fully saturated rings. The number of amides is 2. The van der Waals surface area contributed by atoms with E-state index in [1.807, 2.05) is 11.4 Å². The van der Waals surface area contributed by atoms with Crippen LogP contribution in [0, 0.1) is 11.3 Å². The van der Waals surface area contributed by atoms with E-state index < -0.39 is 29.0 Å². The Bertz CT molecular complexity index is 898. The molecule has 0 unspecified atom stereocenters. The second-order valence-corrected chi connectivity index (χ2v) is 7.67. The number of rotatable bonds is 4. The van der Waals surface area contributed by atoms with Gasteiger partial charge in [-0.2, -0.15) is 5.26 Å². The first kappa shape index (κ1) is 18.0. The maximum Gasteiger partial charge on any atom is 0.307 e. The molecule has 10 heteroatoms. The summed E-state index contributed by atoms with van der Waals surface area (Å²) in [4.78, 5) is 38.3. The Labute approximate surface area is 157 Å². The molecular formula is C16H14N4O4S2. The van der Waals surface area contributed by atoms with Crippen molar-refractivity contribution in [3.8, 4) is 6.07 Å². The number of primary amides is 1. The van der Waals surface area contributed by atoms with Crippen LogP contribution in [0.1, 0.15) is 17.2 Å². The topological polar surface area (TPSA) is 140 Å². The predicted octanol–water partition coefficient (Wildman–Crippen LogP) is 0.743. The van der Waals surface area contributed by atoms with Crippen molar-refractivity contribution in [1.29, 1.82) is 5.26 Å². The Morgan fingerprint density at radius 2 is 2.19 bits per heavy atom. The molecule has 2 atom stereocenters. The quantitative estimate of drug-likeness (QED) is 0.723. The highest BCUT2D eigenvalue weighted by molar-refractivity contribution is 8.04. The van der Waals surface area contributed by atoms with Gasteiger partial charge in [0, 0.05) is 4.88 Å². The number of hydrogen-bond donors (Lipinski definition) is 2. The monoisotopic (exact) mass is 390 g/mol. The van der Waals surface area contributed by atoms with Crippen LogP contribution >= 0.6 is 23.1 Å². The third-order valence-corrected chi connectivity index (χ3v) is 6.29. The van der Waals surface area contributed by atoms with Crippen LogP contribution in [0.2, 0.25) is 0 Å². The maximum atomic E-state index is 12.7. The molecule has 26 heavy (non-hydrogen) atoms. The van der Waals surface area contributed by atoms with E-state index in [0.717, 1.165) is 21.5 Å². The minimum Gasteiger partial charge on any atom is -0.469 e. The number of carbonyl (C=O) groups excluding carboxylic acids is 3. The highest BCUT2D eigenvalue weighted by Crippen LogP contribution is 2.50. The summed E-state index contributed by atoms with van der Waals surface area (Å²) in [5.74, 6) is -2.57. The van der Waals surface area contributed by atoms with E-state index in [9.17, 15) is 19.6 Å². The van der Waals surface area contributed by atoms with E-state index in [2.05, 4.69) is 4.74 Å². The van der Waals surface area contributed by atoms with Crippen molar-refractivity contribution in [3.05, 3.63) is 44.4 Å². The van der Waals surface area contributed by atoms with Crippen molar-refractivity contribution in [2.75, 3.05) is 7.11 Å². The molecule has 2 aliphatic heterocycles. The maximum absolute atomic E-state index is 12.7. The lowest BCUT2D eigenvalue weighted by Crippen LogP contribution is -2.39. The summed E-state index contributed by atoms with van der Waals surface area (Å²) in [6.07, 6.45) is -0.176. The molecule has 0 aliphatic carbocycles. The van der Waals surface area contributed by atoms with Crippen molar-refractivity contribution >= 4 is 40.9 Å². The number of fused-ring (bicyclic) bond motifs is 1. The van der Waals surface area contributed by atoms with Crippen molar-refractivity contribution in [1.82, 2.24) is 4.90 Å². The highest BCUT2D eigenvalue weighted by Gasteiger charge is 2.48. The van der Waals surface area contributed by atoms with E-state index in [1.54, 1.807) is 12.1 Å². The minimum atomic E-state index is -0.799. The van der Waals surface area contributed by atoms with Gasteiger partial charge in [0.15, 0.2) is 0 Å². The van der Waals surface area contributed by atoms with E-state index in [4.69, 9.17) is 11.5 Å². The Morgan fingerprint density at radius 1 is 1.46 bits per heavy atom. The van der Waals surface area contributed by atoms with Crippen molar-refractivity contribution in [2.24, 2.45) is 11.5 Å². The van der Waals surface area contributed by atoms with Crippen LogP contribution in [0.3, 0.4) is 0 Å². The van der Waals surface area contributed by atoms with Gasteiger partial charge in [-0.1, -0.05) is 17.8 Å². The molecule has 4 N–H and O–H groups in total. The van der Waals surface area contributed by atoms with Gasteiger partial charge >= 0.3 is 5.97 Å². The second-order valence-electron chi connectivity index (χ2n) is 5.50. The Balaban J connectivity index is 2.16. The number of methoxy groups -OCH3 is 1. The first-order valence-electron chi connectivity index (χ1n) is 7.45. The molecule has 0 bridgehead atoms. The lowest BCUT2D eigenvalue weighted by Gasteiger charge is -2.30. The lowest BCUT2D eigenvalue weighted by molar-refractivity contribution is -0.142. The molecule has 3 rings (SSSR count). The number of carbonyl (C=O) groups is 3. The first-order chi connectivity index (χ1) is 12.4. The molecule has 0 aromatic carbocycles. The molecule has 1 saturated heterocycles. The summed E-state index contributed by atoms with van der Waals surface area (Å²) in [6.45, 7) is 0. The van der Waals surface area contributed by atoms with Gasteiger partial charge in [-0.3, -0.25) is 19.3 Å². The fourth-order valence-corrected chi connectivity index (χ4v) is 5.08. The van der Waals surface area contributed by atoms with Crippen LogP contribution in [0.4, 0.5) is 0 Å². The lowest BCUT2D eigenvalue weighted by atomic mass is 9.87. The smallest absolute Gasteiger partial charge is 0.307 e. The van der Waals surface area contributed by atoms with Crippen LogP contribution in [0.5, 0.6) is 0 Å². The van der Waals surface area contributed by atoms with Crippen molar-refractivity contribution < 1.29 is 19.1 Å². The average molecular weight is 390 g/mol. The molecule has 1 aromatic heterocycles. The molecule has 134 valence electrons. The number of nitrogens with two attached hydrogens (primary N) is 2. The van der Waals surface area contributed by atoms with Crippen LogP contribution in [-0.4, -0.2) is 35.0 Å². The molecule has 3 heterocycles. The van der Waals surface area contributed by atoms with Crippen molar-refractivity contribution in [3.63, 3.8) is 0 Å². The zero-order chi connectivity index (χ0) is 19.0. The minimum absolute atomic E-state index is 0.0456. The molecule has 8 nitrogen and oxygen atoms in total. The van der Waals surface area contributed by atoms with Gasteiger partial charge in [-0.25, -0.2) is 0 Å². The van der Waals surface area contributed by atoms with Gasteiger partial charge in [0.25, 0.3) is 0 Å². The number of esters is 1. The standard InChI is InChI=1S/C16H14N4O4S2/c1-24-10(21)5-9-15(23)20-13(18)7(6-17)11(8-3-2-4-25-8)12(14(19)22)16(20)26-9/h2-4,9,11H,5,18H2,1H3,(H2,19,22)/t9-,11-/m1/s1. The summed E-state index contributed by atoms with van der Waals surface area (Å²) >= 11 is 2.39. The number of nitriles is 1. The predicted molar refractivity (Wildman–Crippen MR) is 95.0 cm³/mol. The molecule has 2 aliphatic rings. The molecule has 1 aromatic rings. The molecule has 2 amide bonds. The largest absolute Gasteiger partial charge is 0.469 e. The zero-order valence-electron chi connectivity index (χ0n) is 13.6. The summed E-state index contributed by atoms with van der Waals surface area (Å²) in [5, 5.41) is 10.9.